The topological polar surface area (TPSA) is 275 Å². The summed E-state index contributed by atoms with van der Waals surface area (Å²) in [6.45, 7) is 3.08. The number of hydrogen-bond acceptors (Lipinski definition) is 15. The predicted molar refractivity (Wildman–Crippen MR) is 202 cm³/mol. The van der Waals surface area contributed by atoms with E-state index in [4.69, 9.17) is 24.9 Å². The number of rotatable bonds is 15. The van der Waals surface area contributed by atoms with E-state index in [1.165, 1.54) is 24.3 Å². The third-order valence-corrected chi connectivity index (χ3v) is 8.50. The summed E-state index contributed by atoms with van der Waals surface area (Å²) >= 11 is 6.22. The van der Waals surface area contributed by atoms with Crippen LogP contribution in [0, 0.1) is 17.0 Å². The molecule has 0 bridgehead atoms. The van der Waals surface area contributed by atoms with E-state index in [1.807, 2.05) is 6.92 Å². The van der Waals surface area contributed by atoms with Crippen LogP contribution in [0.1, 0.15) is 57.0 Å². The molecule has 0 radical (unpaired) electrons. The Hall–Kier alpha value is -4.35. The zero-order valence-corrected chi connectivity index (χ0v) is 34.5. The van der Waals surface area contributed by atoms with Gasteiger partial charge in [0.1, 0.15) is 23.0 Å². The quantitative estimate of drug-likeness (QED) is 0.0253. The summed E-state index contributed by atoms with van der Waals surface area (Å²) in [7, 11) is 1.60. The number of anilines is 1. The number of nitrogens with zero attached hydrogens (tertiary/aromatic N) is 8. The molecule has 0 unspecified atom stereocenters. The number of aromatic nitrogens is 6. The number of guanidine groups is 1. The first-order chi connectivity index (χ1) is 25.1. The van der Waals surface area contributed by atoms with Crippen molar-refractivity contribution >= 4 is 55.1 Å². The normalized spacial score (nSPS) is 11.0. The Morgan fingerprint density at radius 3 is 2.36 bits per heavy atom. The molecule has 55 heavy (non-hydrogen) atoms. The summed E-state index contributed by atoms with van der Waals surface area (Å²) in [5, 5.41) is 45.3. The van der Waals surface area contributed by atoms with Crippen LogP contribution >= 0.6 is 31.9 Å². The van der Waals surface area contributed by atoms with E-state index >= 15 is 0 Å². The largest absolute Gasteiger partial charge is 1.00 e. The average Bonchev–Trinajstić information content (AvgIpc) is 3.90. The van der Waals surface area contributed by atoms with E-state index < -0.39 is 11.6 Å². The van der Waals surface area contributed by atoms with E-state index in [0.29, 0.717) is 71.4 Å². The van der Waals surface area contributed by atoms with Crippen LogP contribution in [0.3, 0.4) is 0 Å². The molecule has 2 aromatic carbocycles. The van der Waals surface area contributed by atoms with E-state index in [2.05, 4.69) is 78.4 Å². The summed E-state index contributed by atoms with van der Waals surface area (Å²) in [4.78, 5) is 15.9. The van der Waals surface area contributed by atoms with E-state index in [-0.39, 0.29) is 76.4 Å². The SMILES string of the molecule is C.CCC(=N)CCCNc1nonc1-c1noc(=O)n1-c1ccc(F)c(Br)c1.CN=C(N)NCCCc1nonc1/C(Cc1ccc(F)c(Br)c1)=N/O.[Na+].[OH-]. The molecule has 18 nitrogen and oxygen atoms in total. The van der Waals surface area contributed by atoms with Gasteiger partial charge in [0, 0.05) is 32.3 Å². The Labute approximate surface area is 352 Å². The van der Waals surface area contributed by atoms with Crippen molar-refractivity contribution in [3.63, 3.8) is 0 Å². The van der Waals surface area contributed by atoms with Crippen LogP contribution in [-0.4, -0.2) is 78.6 Å². The molecule has 0 saturated carbocycles. The first-order valence-electron chi connectivity index (χ1n) is 15.7. The fraction of sp³-hybridized carbons (Fsp3) is 0.344. The standard InChI is InChI=1S/C16H16BrFN6O3.C15H18BrFN6O2.CH4.Na.H2O/c1-2-9(19)4-3-7-20-14-13(21-27-22-14)15-23-26-16(25)24(15)10-5-6-12(18)11(17)8-10;1-19-15(18)20-6-2-3-12-14(23-25-22-12)13(21-24)8-9-4-5-11(17)10(16)7-9;;;/h5-6,8,19H,2-4,7H2,1H3,(H,20,22);4-5,7,24H,2-3,6,8H2,1H3,(H3,18,19,20);1H4;;1H2/q;;;+1;/p-1/b;21-13+;;;. The molecule has 0 aliphatic rings. The van der Waals surface area contributed by atoms with Gasteiger partial charge in [0.25, 0.3) is 0 Å². The predicted octanol–water partition coefficient (Wildman–Crippen LogP) is 2.72. The smallest absolute Gasteiger partial charge is 0.870 e. The van der Waals surface area contributed by atoms with Crippen LogP contribution < -0.4 is 51.7 Å². The zero-order chi connectivity index (χ0) is 37.6. The van der Waals surface area contributed by atoms with Gasteiger partial charge in [0.05, 0.1) is 14.6 Å². The fourth-order valence-electron chi connectivity index (χ4n) is 4.54. The van der Waals surface area contributed by atoms with Crippen molar-refractivity contribution in [3.8, 4) is 17.2 Å². The summed E-state index contributed by atoms with van der Waals surface area (Å²) < 4.78 is 42.8. The maximum Gasteiger partial charge on any atom is 1.00 e. The second-order valence-electron chi connectivity index (χ2n) is 10.8. The van der Waals surface area contributed by atoms with Gasteiger partial charge in [-0.2, -0.15) is 0 Å². The van der Waals surface area contributed by atoms with Crippen molar-refractivity contribution in [1.29, 1.82) is 5.41 Å². The van der Waals surface area contributed by atoms with Crippen LogP contribution in [0.4, 0.5) is 14.6 Å². The molecule has 0 atom stereocenters. The maximum absolute atomic E-state index is 13.5. The molecule has 292 valence electrons. The minimum absolute atomic E-state index is 0. The van der Waals surface area contributed by atoms with Crippen molar-refractivity contribution in [2.45, 2.75) is 52.9 Å². The number of oxime groups is 1. The second-order valence-corrected chi connectivity index (χ2v) is 12.5. The zero-order valence-electron chi connectivity index (χ0n) is 29.3. The molecule has 0 saturated heterocycles. The Morgan fingerprint density at radius 1 is 1.02 bits per heavy atom. The van der Waals surface area contributed by atoms with Gasteiger partial charge in [0.2, 0.25) is 11.6 Å². The minimum atomic E-state index is -0.756. The van der Waals surface area contributed by atoms with Crippen molar-refractivity contribution in [3.05, 3.63) is 84.5 Å². The molecular weight excluding hydrogens is 869 g/mol. The Balaban J connectivity index is 0.000000523. The van der Waals surface area contributed by atoms with Crippen molar-refractivity contribution < 1.29 is 62.8 Å². The molecule has 5 aromatic rings. The number of aliphatic imine (C=N–C) groups is 1. The summed E-state index contributed by atoms with van der Waals surface area (Å²) in [6, 6.07) is 8.61. The molecule has 5 rings (SSSR count). The van der Waals surface area contributed by atoms with E-state index in [1.54, 1.807) is 19.2 Å². The van der Waals surface area contributed by atoms with Gasteiger partial charge >= 0.3 is 35.3 Å². The third-order valence-electron chi connectivity index (χ3n) is 7.28. The maximum atomic E-state index is 13.5. The Morgan fingerprint density at radius 2 is 1.71 bits per heavy atom. The van der Waals surface area contributed by atoms with Crippen LogP contribution in [0.2, 0.25) is 0 Å². The van der Waals surface area contributed by atoms with Crippen molar-refractivity contribution in [2.75, 3.05) is 25.5 Å². The number of hydrogen-bond donors (Lipinski definition) is 5. The molecule has 0 spiro atoms. The van der Waals surface area contributed by atoms with Crippen molar-refractivity contribution in [2.24, 2.45) is 15.9 Å². The Bertz CT molecular complexity index is 2090. The van der Waals surface area contributed by atoms with Gasteiger partial charge in [-0.1, -0.05) is 35.9 Å². The number of aryl methyl sites for hydroxylation is 1. The van der Waals surface area contributed by atoms with Gasteiger partial charge < -0.3 is 32.5 Å². The third kappa shape index (κ3) is 13.7. The second kappa shape index (κ2) is 24.2. The molecule has 7 N–H and O–H groups in total. The molecular formula is C32H39Br2F2N12NaO6. The van der Waals surface area contributed by atoms with Gasteiger partial charge in [-0.3, -0.25) is 9.52 Å². The van der Waals surface area contributed by atoms with Gasteiger partial charge in [-0.15, -0.1) is 0 Å². The molecule has 3 aromatic heterocycles. The molecule has 0 fully saturated rings. The fourth-order valence-corrected chi connectivity index (χ4v) is 5.33. The number of nitrogens with two attached hydrogens (primary N) is 1. The van der Waals surface area contributed by atoms with Gasteiger partial charge in [-0.25, -0.2) is 27.4 Å². The molecule has 0 aliphatic heterocycles. The summed E-state index contributed by atoms with van der Waals surface area (Å²) in [6.07, 6.45) is 3.63. The molecule has 0 amide bonds. The first kappa shape index (κ1) is 48.7. The number of halogens is 4. The van der Waals surface area contributed by atoms with Crippen molar-refractivity contribution in [1.82, 2.24) is 35.7 Å². The average molecular weight is 909 g/mol. The van der Waals surface area contributed by atoms with E-state index in [9.17, 15) is 18.8 Å². The monoisotopic (exact) mass is 906 g/mol. The summed E-state index contributed by atoms with van der Waals surface area (Å²) in [5.74, 6) is -0.859. The number of benzene rings is 2. The van der Waals surface area contributed by atoms with Crippen LogP contribution in [0.5, 0.6) is 0 Å². The first-order valence-corrected chi connectivity index (χ1v) is 17.2. The molecule has 23 heteroatoms. The molecule has 0 aliphatic carbocycles. The van der Waals surface area contributed by atoms with Crippen LogP contribution in [0.15, 0.2) is 74.1 Å². The van der Waals surface area contributed by atoms with Crippen LogP contribution in [0.25, 0.3) is 17.2 Å². The van der Waals surface area contributed by atoms with Crippen LogP contribution in [-0.2, 0) is 12.8 Å². The number of nitrogens with one attached hydrogen (secondary N) is 3. The van der Waals surface area contributed by atoms with E-state index in [0.717, 1.165) is 23.0 Å². The molecule has 3 heterocycles. The summed E-state index contributed by atoms with van der Waals surface area (Å²) in [5.41, 5.74) is 8.74. The Kier molecular flexibility index (Phi) is 21.4. The minimum Gasteiger partial charge on any atom is -0.870 e. The van der Waals surface area contributed by atoms with Gasteiger partial charge in [0.15, 0.2) is 17.3 Å². The van der Waals surface area contributed by atoms with Gasteiger partial charge in [-0.05, 0) is 115 Å².